The van der Waals surface area contributed by atoms with Crippen LogP contribution < -0.4 is 0 Å². The number of carboxylic acids is 1. The molecule has 0 amide bonds. The van der Waals surface area contributed by atoms with Crippen LogP contribution in [0, 0.1) is 0 Å². The zero-order valence-corrected chi connectivity index (χ0v) is 8.58. The average Bonchev–Trinajstić information content (AvgIpc) is 2.29. The molecule has 0 saturated heterocycles. The first-order valence-electron chi connectivity index (χ1n) is 3.73. The number of carbonyl (C=O) groups is 1. The van der Waals surface area contributed by atoms with E-state index in [-0.39, 0.29) is 11.4 Å². The minimum atomic E-state index is -3.17. The van der Waals surface area contributed by atoms with Crippen molar-refractivity contribution in [1.29, 1.82) is 0 Å². The summed E-state index contributed by atoms with van der Waals surface area (Å²) in [6.45, 7) is 0. The monoisotopic (exact) mass is 218 g/mol. The molecule has 0 aliphatic carbocycles. The van der Waals surface area contributed by atoms with Crippen molar-refractivity contribution in [2.45, 2.75) is 5.75 Å². The highest BCUT2D eigenvalue weighted by Crippen LogP contribution is 2.06. The predicted molar refractivity (Wildman–Crippen MR) is 48.7 cm³/mol. The summed E-state index contributed by atoms with van der Waals surface area (Å²) in [5.74, 6) is -1.37. The van der Waals surface area contributed by atoms with Crippen molar-refractivity contribution in [3.05, 3.63) is 17.5 Å². The van der Waals surface area contributed by atoms with Gasteiger partial charge in [0.05, 0.1) is 11.4 Å². The molecule has 0 saturated carbocycles. The van der Waals surface area contributed by atoms with Crippen molar-refractivity contribution < 1.29 is 18.3 Å². The molecule has 1 rings (SSSR count). The molecular weight excluding hydrogens is 208 g/mol. The van der Waals surface area contributed by atoms with Gasteiger partial charge in [-0.05, 0) is 6.07 Å². The van der Waals surface area contributed by atoms with Gasteiger partial charge in [-0.15, -0.1) is 0 Å². The Morgan fingerprint density at radius 2 is 2.21 bits per heavy atom. The average molecular weight is 218 g/mol. The van der Waals surface area contributed by atoms with E-state index in [0.29, 0.717) is 5.69 Å². The van der Waals surface area contributed by atoms with Crippen molar-refractivity contribution in [2.24, 2.45) is 7.05 Å². The summed E-state index contributed by atoms with van der Waals surface area (Å²) < 4.78 is 23.1. The molecule has 0 aliphatic heterocycles. The molecule has 0 aromatic carbocycles. The van der Waals surface area contributed by atoms with E-state index in [1.165, 1.54) is 17.8 Å². The summed E-state index contributed by atoms with van der Waals surface area (Å²) in [6.07, 6.45) is 1.08. The summed E-state index contributed by atoms with van der Waals surface area (Å²) in [4.78, 5) is 10.5. The molecule has 0 radical (unpaired) electrons. The highest BCUT2D eigenvalue weighted by atomic mass is 32.2. The lowest BCUT2D eigenvalue weighted by Crippen LogP contribution is -2.06. The second kappa shape index (κ2) is 3.41. The van der Waals surface area contributed by atoms with Gasteiger partial charge in [0, 0.05) is 13.3 Å². The van der Waals surface area contributed by atoms with Crippen LogP contribution in [0.5, 0.6) is 0 Å². The molecule has 7 heteroatoms. The Morgan fingerprint density at radius 3 is 2.57 bits per heavy atom. The number of hydrogen-bond acceptors (Lipinski definition) is 4. The molecule has 6 nitrogen and oxygen atoms in total. The molecule has 0 unspecified atom stereocenters. The Kier molecular flexibility index (Phi) is 2.61. The highest BCUT2D eigenvalue weighted by molar-refractivity contribution is 7.89. The topological polar surface area (TPSA) is 89.3 Å². The van der Waals surface area contributed by atoms with Gasteiger partial charge in [0.1, 0.15) is 0 Å². The first kappa shape index (κ1) is 10.7. The number of carboxylic acid groups (broad SMARTS) is 1. The van der Waals surface area contributed by atoms with E-state index in [9.17, 15) is 13.2 Å². The fraction of sp³-hybridized carbons (Fsp3) is 0.429. The maximum atomic E-state index is 10.9. The molecule has 0 atom stereocenters. The Bertz CT molecular complexity index is 460. The van der Waals surface area contributed by atoms with Crippen molar-refractivity contribution in [1.82, 2.24) is 9.78 Å². The summed E-state index contributed by atoms with van der Waals surface area (Å²) in [5, 5.41) is 12.2. The quantitative estimate of drug-likeness (QED) is 0.749. The van der Waals surface area contributed by atoms with Crippen LogP contribution in [0.4, 0.5) is 0 Å². The molecule has 1 aromatic heterocycles. The molecule has 0 aliphatic rings. The molecule has 1 aromatic rings. The Morgan fingerprint density at radius 1 is 1.64 bits per heavy atom. The van der Waals surface area contributed by atoms with Gasteiger partial charge in [0.15, 0.2) is 15.5 Å². The first-order valence-corrected chi connectivity index (χ1v) is 5.79. The minimum Gasteiger partial charge on any atom is -0.476 e. The standard InChI is InChI=1S/C7H10N2O4S/c1-9-5(4-14(2,12)13)3-6(8-9)7(10)11/h3H,4H2,1-2H3,(H,10,11). The van der Waals surface area contributed by atoms with E-state index in [4.69, 9.17) is 5.11 Å². The number of aryl methyl sites for hydroxylation is 1. The lowest BCUT2D eigenvalue weighted by atomic mass is 10.4. The highest BCUT2D eigenvalue weighted by Gasteiger charge is 2.14. The third kappa shape index (κ3) is 2.56. The lowest BCUT2D eigenvalue weighted by Gasteiger charge is -1.97. The van der Waals surface area contributed by atoms with Crippen LogP contribution in [0.2, 0.25) is 0 Å². The van der Waals surface area contributed by atoms with Crippen LogP contribution in [0.3, 0.4) is 0 Å². The van der Waals surface area contributed by atoms with Crippen LogP contribution in [0.15, 0.2) is 6.07 Å². The fourth-order valence-electron chi connectivity index (χ4n) is 1.01. The maximum Gasteiger partial charge on any atom is 0.356 e. The number of rotatable bonds is 3. The van der Waals surface area contributed by atoms with E-state index in [2.05, 4.69) is 5.10 Å². The molecule has 0 bridgehead atoms. The number of sulfone groups is 1. The van der Waals surface area contributed by atoms with Gasteiger partial charge < -0.3 is 5.11 Å². The van der Waals surface area contributed by atoms with Crippen molar-refractivity contribution in [3.63, 3.8) is 0 Å². The molecular formula is C7H10N2O4S. The number of nitrogens with zero attached hydrogens (tertiary/aromatic N) is 2. The molecule has 0 spiro atoms. The largest absolute Gasteiger partial charge is 0.476 e. The minimum absolute atomic E-state index is 0.147. The molecule has 1 heterocycles. The second-order valence-electron chi connectivity index (χ2n) is 3.02. The van der Waals surface area contributed by atoms with Crippen LogP contribution in [0.1, 0.15) is 16.2 Å². The Balaban J connectivity index is 3.05. The number of aromatic carboxylic acids is 1. The van der Waals surface area contributed by atoms with Crippen molar-refractivity contribution in [2.75, 3.05) is 6.26 Å². The third-order valence-corrected chi connectivity index (χ3v) is 2.43. The maximum absolute atomic E-state index is 10.9. The van der Waals surface area contributed by atoms with Gasteiger partial charge in [-0.3, -0.25) is 4.68 Å². The van der Waals surface area contributed by atoms with Crippen molar-refractivity contribution in [3.8, 4) is 0 Å². The zero-order chi connectivity index (χ0) is 10.9. The van der Waals surface area contributed by atoms with Crippen LogP contribution in [0.25, 0.3) is 0 Å². The Hall–Kier alpha value is -1.37. The second-order valence-corrected chi connectivity index (χ2v) is 5.16. The van der Waals surface area contributed by atoms with Crippen LogP contribution >= 0.6 is 0 Å². The van der Waals surface area contributed by atoms with Gasteiger partial charge in [0.2, 0.25) is 0 Å². The first-order chi connectivity index (χ1) is 6.29. The zero-order valence-electron chi connectivity index (χ0n) is 7.76. The summed E-state index contributed by atoms with van der Waals surface area (Å²) in [7, 11) is -1.66. The molecule has 78 valence electrons. The van der Waals surface area contributed by atoms with E-state index in [1.54, 1.807) is 0 Å². The van der Waals surface area contributed by atoms with E-state index in [1.807, 2.05) is 0 Å². The lowest BCUT2D eigenvalue weighted by molar-refractivity contribution is 0.0689. The number of aromatic nitrogens is 2. The summed E-state index contributed by atoms with van der Waals surface area (Å²) >= 11 is 0. The summed E-state index contributed by atoms with van der Waals surface area (Å²) in [5.41, 5.74) is 0.219. The van der Waals surface area contributed by atoms with Gasteiger partial charge in [-0.1, -0.05) is 0 Å². The van der Waals surface area contributed by atoms with Gasteiger partial charge in [-0.2, -0.15) is 5.10 Å². The molecule has 0 fully saturated rings. The summed E-state index contributed by atoms with van der Waals surface area (Å²) in [6, 6.07) is 1.25. The van der Waals surface area contributed by atoms with E-state index in [0.717, 1.165) is 6.26 Å². The van der Waals surface area contributed by atoms with E-state index >= 15 is 0 Å². The Labute approximate surface area is 81.1 Å². The SMILES string of the molecule is Cn1nc(C(=O)O)cc1CS(C)(=O)=O. The van der Waals surface area contributed by atoms with E-state index < -0.39 is 15.8 Å². The third-order valence-electron chi connectivity index (χ3n) is 1.61. The van der Waals surface area contributed by atoms with Crippen LogP contribution in [-0.2, 0) is 22.6 Å². The molecule has 1 N–H and O–H groups in total. The predicted octanol–water partition coefficient (Wildman–Crippen LogP) is -0.337. The smallest absolute Gasteiger partial charge is 0.356 e. The van der Waals surface area contributed by atoms with Crippen molar-refractivity contribution >= 4 is 15.8 Å². The van der Waals surface area contributed by atoms with Gasteiger partial charge in [0.25, 0.3) is 0 Å². The van der Waals surface area contributed by atoms with Gasteiger partial charge >= 0.3 is 5.97 Å². The number of hydrogen-bond donors (Lipinski definition) is 1. The normalized spacial score (nSPS) is 11.6. The van der Waals surface area contributed by atoms with Gasteiger partial charge in [-0.25, -0.2) is 13.2 Å². The fourth-order valence-corrected chi connectivity index (χ4v) is 1.82. The molecule has 14 heavy (non-hydrogen) atoms. The van der Waals surface area contributed by atoms with Crippen LogP contribution in [-0.4, -0.2) is 35.5 Å².